The van der Waals surface area contributed by atoms with Gasteiger partial charge in [-0.2, -0.15) is 0 Å². The zero-order chi connectivity index (χ0) is 13.1. The maximum absolute atomic E-state index is 11.8. The van der Waals surface area contributed by atoms with Gasteiger partial charge in [-0.05, 0) is 19.1 Å². The molecular weight excluding hydrogens is 268 g/mol. The van der Waals surface area contributed by atoms with Crippen LogP contribution in [-0.4, -0.2) is 30.5 Å². The van der Waals surface area contributed by atoms with Gasteiger partial charge in [0, 0.05) is 12.2 Å². The summed E-state index contributed by atoms with van der Waals surface area (Å²) >= 11 is 5.65. The van der Waals surface area contributed by atoms with Crippen molar-refractivity contribution in [2.45, 2.75) is 24.3 Å². The van der Waals surface area contributed by atoms with Crippen LogP contribution in [0.5, 0.6) is 0 Å². The van der Waals surface area contributed by atoms with Crippen molar-refractivity contribution in [1.82, 2.24) is 9.71 Å². The van der Waals surface area contributed by atoms with Gasteiger partial charge in [0.1, 0.15) is 10.0 Å². The highest BCUT2D eigenvalue weighted by atomic mass is 35.5. The lowest BCUT2D eigenvalue weighted by Crippen LogP contribution is -2.34. The predicted octanol–water partition coefficient (Wildman–Crippen LogP) is 0.877. The van der Waals surface area contributed by atoms with E-state index in [0.29, 0.717) is 0 Å². The number of aromatic nitrogens is 1. The maximum atomic E-state index is 11.8. The van der Waals surface area contributed by atoms with Gasteiger partial charge < -0.3 is 5.11 Å². The standard InChI is InChI=1S/C9H11ClN2O4S/c1-6(5-8(13)14)12-17(15,16)7-3-2-4-11-9(7)10/h2-4,6,12H,5H2,1H3,(H,13,14)/t6-/m1/s1. The van der Waals surface area contributed by atoms with E-state index in [9.17, 15) is 13.2 Å². The minimum atomic E-state index is -3.84. The SMILES string of the molecule is C[C@H](CC(=O)O)NS(=O)(=O)c1cccnc1Cl. The van der Waals surface area contributed by atoms with Crippen molar-refractivity contribution in [2.24, 2.45) is 0 Å². The Balaban J connectivity index is 2.90. The number of aliphatic carboxylic acids is 1. The van der Waals surface area contributed by atoms with E-state index in [1.807, 2.05) is 0 Å². The Bertz CT molecular complexity index is 517. The lowest BCUT2D eigenvalue weighted by atomic mass is 10.3. The van der Waals surface area contributed by atoms with Crippen LogP contribution >= 0.6 is 11.6 Å². The molecule has 0 unspecified atom stereocenters. The minimum Gasteiger partial charge on any atom is -0.481 e. The highest BCUT2D eigenvalue weighted by Gasteiger charge is 2.21. The number of hydrogen-bond donors (Lipinski definition) is 2. The number of carboxylic acids is 1. The summed E-state index contributed by atoms with van der Waals surface area (Å²) in [6, 6.07) is 2.00. The molecule has 1 heterocycles. The molecule has 0 saturated heterocycles. The Morgan fingerprint density at radius 1 is 1.65 bits per heavy atom. The summed E-state index contributed by atoms with van der Waals surface area (Å²) in [4.78, 5) is 13.9. The van der Waals surface area contributed by atoms with Gasteiger partial charge in [0.25, 0.3) is 0 Å². The highest BCUT2D eigenvalue weighted by Crippen LogP contribution is 2.17. The van der Waals surface area contributed by atoms with Crippen LogP contribution < -0.4 is 4.72 Å². The summed E-state index contributed by atoms with van der Waals surface area (Å²) in [6.07, 6.45) is 1.05. The molecule has 0 aliphatic heterocycles. The molecule has 0 aromatic carbocycles. The van der Waals surface area contributed by atoms with E-state index in [4.69, 9.17) is 16.7 Å². The number of hydrogen-bond acceptors (Lipinski definition) is 4. The maximum Gasteiger partial charge on any atom is 0.304 e. The summed E-state index contributed by atoms with van der Waals surface area (Å²) in [7, 11) is -3.84. The molecule has 0 saturated carbocycles. The monoisotopic (exact) mass is 278 g/mol. The van der Waals surface area contributed by atoms with Gasteiger partial charge in [-0.1, -0.05) is 11.6 Å². The Morgan fingerprint density at radius 3 is 2.82 bits per heavy atom. The van der Waals surface area contributed by atoms with Gasteiger partial charge in [0.2, 0.25) is 10.0 Å². The molecule has 0 fully saturated rings. The molecule has 0 aliphatic rings. The number of nitrogens with one attached hydrogen (secondary N) is 1. The Kier molecular flexibility index (Phi) is 4.44. The number of pyridine rings is 1. The fourth-order valence-corrected chi connectivity index (χ4v) is 2.90. The van der Waals surface area contributed by atoms with Crippen LogP contribution in [0.25, 0.3) is 0 Å². The largest absolute Gasteiger partial charge is 0.481 e. The first-order chi connectivity index (χ1) is 7.83. The molecular formula is C9H11ClN2O4S. The van der Waals surface area contributed by atoms with Crippen molar-refractivity contribution in [3.8, 4) is 0 Å². The summed E-state index contributed by atoms with van der Waals surface area (Å²) in [6.45, 7) is 1.45. The second-order valence-corrected chi connectivity index (χ2v) is 5.45. The van der Waals surface area contributed by atoms with E-state index in [1.165, 1.54) is 25.3 Å². The van der Waals surface area contributed by atoms with E-state index in [1.54, 1.807) is 0 Å². The minimum absolute atomic E-state index is 0.150. The topological polar surface area (TPSA) is 96.4 Å². The summed E-state index contributed by atoms with van der Waals surface area (Å²) in [5, 5.41) is 8.38. The summed E-state index contributed by atoms with van der Waals surface area (Å²) in [5.74, 6) is -1.09. The Labute approximate surface area is 104 Å². The van der Waals surface area contributed by atoms with Crippen LogP contribution in [0, 0.1) is 0 Å². The molecule has 94 valence electrons. The number of carboxylic acid groups (broad SMARTS) is 1. The molecule has 6 nitrogen and oxygen atoms in total. The van der Waals surface area contributed by atoms with Crippen molar-refractivity contribution in [3.63, 3.8) is 0 Å². The first kappa shape index (κ1) is 13.9. The van der Waals surface area contributed by atoms with Gasteiger partial charge in [-0.25, -0.2) is 18.1 Å². The summed E-state index contributed by atoms with van der Waals surface area (Å²) in [5.41, 5.74) is 0. The van der Waals surface area contributed by atoms with Gasteiger partial charge in [-0.15, -0.1) is 0 Å². The van der Waals surface area contributed by atoms with Gasteiger partial charge in [-0.3, -0.25) is 4.79 Å². The third-order valence-corrected chi connectivity index (χ3v) is 3.89. The Hall–Kier alpha value is -1.18. The fourth-order valence-electron chi connectivity index (χ4n) is 1.20. The van der Waals surface area contributed by atoms with Gasteiger partial charge in [0.05, 0.1) is 6.42 Å². The smallest absolute Gasteiger partial charge is 0.304 e. The molecule has 0 radical (unpaired) electrons. The van der Waals surface area contributed by atoms with E-state index in [0.717, 1.165) is 0 Å². The molecule has 1 atom stereocenters. The zero-order valence-corrected chi connectivity index (χ0v) is 10.5. The number of carbonyl (C=O) groups is 1. The first-order valence-corrected chi connectivity index (χ1v) is 6.53. The highest BCUT2D eigenvalue weighted by molar-refractivity contribution is 7.89. The van der Waals surface area contributed by atoms with E-state index < -0.39 is 22.0 Å². The average Bonchev–Trinajstić information content (AvgIpc) is 2.15. The summed E-state index contributed by atoms with van der Waals surface area (Å²) < 4.78 is 25.8. The number of sulfonamides is 1. The van der Waals surface area contributed by atoms with Crippen LogP contribution in [0.15, 0.2) is 23.2 Å². The van der Waals surface area contributed by atoms with Crippen LogP contribution in [0.4, 0.5) is 0 Å². The van der Waals surface area contributed by atoms with E-state index in [2.05, 4.69) is 9.71 Å². The molecule has 0 spiro atoms. The first-order valence-electron chi connectivity index (χ1n) is 4.67. The fraction of sp³-hybridized carbons (Fsp3) is 0.333. The lowest BCUT2D eigenvalue weighted by Gasteiger charge is -2.12. The molecule has 0 amide bonds. The average molecular weight is 279 g/mol. The van der Waals surface area contributed by atoms with Gasteiger partial charge >= 0.3 is 5.97 Å². The van der Waals surface area contributed by atoms with Crippen molar-refractivity contribution in [1.29, 1.82) is 0 Å². The Morgan fingerprint density at radius 2 is 2.29 bits per heavy atom. The van der Waals surface area contributed by atoms with Crippen molar-refractivity contribution in [2.75, 3.05) is 0 Å². The molecule has 0 aliphatic carbocycles. The van der Waals surface area contributed by atoms with Crippen LogP contribution in [0.3, 0.4) is 0 Å². The molecule has 2 N–H and O–H groups in total. The molecule has 1 rings (SSSR count). The second-order valence-electron chi connectivity index (χ2n) is 3.41. The molecule has 1 aromatic rings. The zero-order valence-electron chi connectivity index (χ0n) is 8.92. The predicted molar refractivity (Wildman–Crippen MR) is 61.3 cm³/mol. The number of rotatable bonds is 5. The van der Waals surface area contributed by atoms with Crippen molar-refractivity contribution >= 4 is 27.6 Å². The normalized spacial score (nSPS) is 13.3. The quantitative estimate of drug-likeness (QED) is 0.779. The van der Waals surface area contributed by atoms with Crippen LogP contribution in [-0.2, 0) is 14.8 Å². The second kappa shape index (κ2) is 5.44. The lowest BCUT2D eigenvalue weighted by molar-refractivity contribution is -0.137. The van der Waals surface area contributed by atoms with E-state index in [-0.39, 0.29) is 16.5 Å². The van der Waals surface area contributed by atoms with Crippen LogP contribution in [0.1, 0.15) is 13.3 Å². The van der Waals surface area contributed by atoms with Crippen LogP contribution in [0.2, 0.25) is 5.15 Å². The molecule has 0 bridgehead atoms. The van der Waals surface area contributed by atoms with Gasteiger partial charge in [0.15, 0.2) is 0 Å². The van der Waals surface area contributed by atoms with Crippen molar-refractivity contribution < 1.29 is 18.3 Å². The molecule has 1 aromatic heterocycles. The third-order valence-electron chi connectivity index (χ3n) is 1.85. The van der Waals surface area contributed by atoms with E-state index >= 15 is 0 Å². The molecule has 8 heteroatoms. The number of halogens is 1. The number of nitrogens with zero attached hydrogens (tertiary/aromatic N) is 1. The third kappa shape index (κ3) is 3.95. The van der Waals surface area contributed by atoms with Crippen molar-refractivity contribution in [3.05, 3.63) is 23.5 Å². The molecule has 17 heavy (non-hydrogen) atoms.